The van der Waals surface area contributed by atoms with Crippen molar-refractivity contribution in [1.82, 2.24) is 0 Å². The van der Waals surface area contributed by atoms with Gasteiger partial charge in [0.1, 0.15) is 0 Å². The van der Waals surface area contributed by atoms with E-state index in [9.17, 15) is 4.79 Å². The molecule has 2 rings (SSSR count). The zero-order valence-electron chi connectivity index (χ0n) is 31.7. The van der Waals surface area contributed by atoms with Crippen molar-refractivity contribution < 1.29 is 18.4 Å². The highest BCUT2D eigenvalue weighted by Crippen LogP contribution is 2.51. The number of carbonyl (C=O) groups is 1. The minimum atomic E-state index is -1.95. The quantitative estimate of drug-likeness (QED) is 0.0940. The van der Waals surface area contributed by atoms with Gasteiger partial charge in [0.2, 0.25) is 0 Å². The summed E-state index contributed by atoms with van der Waals surface area (Å²) in [6, 6.07) is 0. The molecule has 0 aromatic heterocycles. The van der Waals surface area contributed by atoms with Gasteiger partial charge in [-0.15, -0.1) is 0 Å². The first-order chi connectivity index (χ1) is 20.7. The summed E-state index contributed by atoms with van der Waals surface area (Å²) in [6.45, 7) is 32.7. The first kappa shape index (κ1) is 40.0. The zero-order chi connectivity index (χ0) is 34.2. The Morgan fingerprint density at radius 2 is 1.67 bits per heavy atom. The summed E-state index contributed by atoms with van der Waals surface area (Å²) in [5.41, 5.74) is 2.80. The van der Waals surface area contributed by atoms with Crippen molar-refractivity contribution in [2.75, 3.05) is 6.61 Å². The van der Waals surface area contributed by atoms with Crippen molar-refractivity contribution in [2.45, 2.75) is 163 Å². The molecule has 0 N–H and O–H groups in total. The molecule has 0 radical (unpaired) electrons. The second-order valence-electron chi connectivity index (χ2n) is 17.3. The van der Waals surface area contributed by atoms with E-state index in [0.29, 0.717) is 36.7 Å². The summed E-state index contributed by atoms with van der Waals surface area (Å²) < 4.78 is 19.4. The Balaban J connectivity index is 2.32. The van der Waals surface area contributed by atoms with E-state index in [4.69, 9.17) is 13.6 Å². The summed E-state index contributed by atoms with van der Waals surface area (Å²) in [7, 11) is -3.88. The van der Waals surface area contributed by atoms with Crippen molar-refractivity contribution in [3.05, 3.63) is 47.6 Å². The van der Waals surface area contributed by atoms with Crippen molar-refractivity contribution in [1.29, 1.82) is 0 Å². The molecule has 0 aromatic carbocycles. The van der Waals surface area contributed by atoms with Crippen molar-refractivity contribution in [2.24, 2.45) is 23.7 Å². The van der Waals surface area contributed by atoms with Crippen LogP contribution >= 0.6 is 0 Å². The predicted octanol–water partition coefficient (Wildman–Crippen LogP) is 11.6. The molecule has 0 unspecified atom stereocenters. The van der Waals surface area contributed by atoms with Gasteiger partial charge in [0.25, 0.3) is 0 Å². The second-order valence-corrected chi connectivity index (χ2v) is 26.8. The van der Waals surface area contributed by atoms with Crippen LogP contribution in [0.1, 0.15) is 114 Å². The number of allylic oxidation sites excluding steroid dienone is 6. The van der Waals surface area contributed by atoms with E-state index in [0.717, 1.165) is 32.1 Å². The standard InChI is InChI=1S/C39H70O4Si2/c1-15-41-37(40)22-17-16-21-31-26-32-28-36(43-45(13,14)39(8,9)10)34(35(32)27-31)24-23-33(42-44(11,12)38(5,6)7)25-30(4)20-18-19-29(2)3/h16,19,21,23-24,26,30,32-36H,15,17-18,20,22,25,27-28H2,1-14H3/t30-,32+,33-,34+,35+,36-/m1/s1. The first-order valence-electron chi connectivity index (χ1n) is 17.9. The van der Waals surface area contributed by atoms with Crippen LogP contribution in [0, 0.1) is 23.7 Å². The van der Waals surface area contributed by atoms with Crippen LogP contribution in [-0.4, -0.2) is 41.4 Å². The summed E-state index contributed by atoms with van der Waals surface area (Å²) in [4.78, 5) is 11.8. The molecule has 0 saturated heterocycles. The van der Waals surface area contributed by atoms with Gasteiger partial charge >= 0.3 is 5.97 Å². The Bertz CT molecular complexity index is 1070. The summed E-state index contributed by atoms with van der Waals surface area (Å²) in [5.74, 6) is 1.93. The van der Waals surface area contributed by atoms with E-state index in [-0.39, 0.29) is 28.3 Å². The molecular weight excluding hydrogens is 589 g/mol. The number of hydrogen-bond donors (Lipinski definition) is 0. The smallest absolute Gasteiger partial charge is 0.306 e. The number of hydrogen-bond acceptors (Lipinski definition) is 4. The third-order valence-corrected chi connectivity index (χ3v) is 19.9. The van der Waals surface area contributed by atoms with Gasteiger partial charge in [0.15, 0.2) is 16.6 Å². The molecule has 45 heavy (non-hydrogen) atoms. The van der Waals surface area contributed by atoms with Gasteiger partial charge in [-0.25, -0.2) is 0 Å². The monoisotopic (exact) mass is 658 g/mol. The SMILES string of the molecule is CCOC(=O)CCC=CC1=C[C@H]2C[C@@H](O[Si](C)(C)C(C)(C)C)[C@@H](C=C[C@H](C[C@H](C)CCC=C(C)C)O[Si](C)(C)C(C)(C)C)[C@H]2C1. The number of ether oxygens (including phenoxy) is 1. The van der Waals surface area contributed by atoms with Crippen LogP contribution in [-0.2, 0) is 18.4 Å². The molecule has 6 atom stereocenters. The van der Waals surface area contributed by atoms with E-state index in [1.165, 1.54) is 17.6 Å². The van der Waals surface area contributed by atoms with Crippen LogP contribution in [0.2, 0.25) is 36.3 Å². The Labute approximate surface area is 280 Å². The van der Waals surface area contributed by atoms with E-state index in [2.05, 4.69) is 125 Å². The number of rotatable bonds is 16. The molecule has 0 heterocycles. The number of fused-ring (bicyclic) bond motifs is 1. The maximum Gasteiger partial charge on any atom is 0.306 e. The minimum absolute atomic E-state index is 0.115. The lowest BCUT2D eigenvalue weighted by Gasteiger charge is -2.40. The van der Waals surface area contributed by atoms with Gasteiger partial charge in [-0.1, -0.05) is 96.1 Å². The molecule has 2 aliphatic carbocycles. The highest BCUT2D eigenvalue weighted by atomic mass is 28.4. The molecule has 258 valence electrons. The van der Waals surface area contributed by atoms with E-state index in [1.54, 1.807) is 0 Å². The average molecular weight is 659 g/mol. The molecule has 0 bridgehead atoms. The van der Waals surface area contributed by atoms with Gasteiger partial charge in [0, 0.05) is 12.3 Å². The van der Waals surface area contributed by atoms with Crippen LogP contribution in [0.4, 0.5) is 0 Å². The maximum atomic E-state index is 11.8. The normalized spacial score (nSPS) is 24.2. The molecule has 6 heteroatoms. The van der Waals surface area contributed by atoms with E-state index in [1.807, 2.05) is 6.92 Å². The number of carbonyl (C=O) groups excluding carboxylic acids is 1. The van der Waals surface area contributed by atoms with E-state index < -0.39 is 16.6 Å². The first-order valence-corrected chi connectivity index (χ1v) is 23.7. The highest BCUT2D eigenvalue weighted by Gasteiger charge is 2.48. The van der Waals surface area contributed by atoms with Crippen molar-refractivity contribution in [3.63, 3.8) is 0 Å². The fourth-order valence-electron chi connectivity index (χ4n) is 6.14. The van der Waals surface area contributed by atoms with Gasteiger partial charge in [-0.2, -0.15) is 0 Å². The third kappa shape index (κ3) is 12.4. The molecule has 1 fully saturated rings. The predicted molar refractivity (Wildman–Crippen MR) is 199 cm³/mol. The molecule has 2 aliphatic rings. The Morgan fingerprint density at radius 1 is 1.02 bits per heavy atom. The maximum absolute atomic E-state index is 11.8. The van der Waals surface area contributed by atoms with Crippen LogP contribution in [0.3, 0.4) is 0 Å². The fourth-order valence-corrected chi connectivity index (χ4v) is 8.79. The Kier molecular flexibility index (Phi) is 14.9. The van der Waals surface area contributed by atoms with Crippen LogP contribution < -0.4 is 0 Å². The molecule has 0 amide bonds. The van der Waals surface area contributed by atoms with Gasteiger partial charge in [-0.3, -0.25) is 4.79 Å². The zero-order valence-corrected chi connectivity index (χ0v) is 33.7. The van der Waals surface area contributed by atoms with Crippen LogP contribution in [0.25, 0.3) is 0 Å². The molecule has 0 aliphatic heterocycles. The number of esters is 1. The molecule has 4 nitrogen and oxygen atoms in total. The Morgan fingerprint density at radius 3 is 2.24 bits per heavy atom. The lowest BCUT2D eigenvalue weighted by molar-refractivity contribution is -0.143. The van der Waals surface area contributed by atoms with Gasteiger partial charge < -0.3 is 13.6 Å². The summed E-state index contributed by atoms with van der Waals surface area (Å²) in [5, 5.41) is 0.344. The van der Waals surface area contributed by atoms with Gasteiger partial charge in [0.05, 0.1) is 18.8 Å². The molecule has 0 spiro atoms. The average Bonchev–Trinajstić information content (AvgIpc) is 3.40. The lowest BCUT2D eigenvalue weighted by atomic mass is 9.88. The molecule has 0 aromatic rings. The molecule has 1 saturated carbocycles. The van der Waals surface area contributed by atoms with Crippen LogP contribution in [0.15, 0.2) is 47.6 Å². The van der Waals surface area contributed by atoms with E-state index >= 15 is 0 Å². The largest absolute Gasteiger partial charge is 0.466 e. The molecular formula is C39H70O4Si2. The summed E-state index contributed by atoms with van der Waals surface area (Å²) in [6.07, 6.45) is 21.3. The Hall–Kier alpha value is -1.22. The van der Waals surface area contributed by atoms with Crippen molar-refractivity contribution >= 4 is 22.6 Å². The highest BCUT2D eigenvalue weighted by molar-refractivity contribution is 6.74. The van der Waals surface area contributed by atoms with Crippen LogP contribution in [0.5, 0.6) is 0 Å². The summed E-state index contributed by atoms with van der Waals surface area (Å²) >= 11 is 0. The topological polar surface area (TPSA) is 44.8 Å². The second kappa shape index (κ2) is 16.7. The fraction of sp³-hybridized carbons (Fsp3) is 0.769. The third-order valence-electron chi connectivity index (χ3n) is 10.9. The minimum Gasteiger partial charge on any atom is -0.466 e. The van der Waals surface area contributed by atoms with Gasteiger partial charge in [-0.05, 0) is 113 Å². The lowest BCUT2D eigenvalue weighted by Crippen LogP contribution is -2.45. The van der Waals surface area contributed by atoms with Crippen molar-refractivity contribution in [3.8, 4) is 0 Å².